The Balaban J connectivity index is 2.19. The highest BCUT2D eigenvalue weighted by molar-refractivity contribution is 5.84. The molecule has 0 spiro atoms. The van der Waals surface area contributed by atoms with E-state index in [2.05, 4.69) is 0 Å². The second-order valence-electron chi connectivity index (χ2n) is 3.61. The van der Waals surface area contributed by atoms with Gasteiger partial charge in [0.05, 0.1) is 0 Å². The van der Waals surface area contributed by atoms with Crippen molar-refractivity contribution in [1.82, 2.24) is 0 Å². The molecule has 0 bridgehead atoms. The van der Waals surface area contributed by atoms with Crippen LogP contribution in [0.15, 0.2) is 40.8 Å². The Morgan fingerprint density at radius 1 is 1.22 bits per heavy atom. The summed E-state index contributed by atoms with van der Waals surface area (Å²) in [5, 5.41) is 17.7. The molecule has 0 atom stereocenters. The molecule has 0 saturated heterocycles. The van der Waals surface area contributed by atoms with Crippen molar-refractivity contribution >= 4 is 5.97 Å². The van der Waals surface area contributed by atoms with Crippen LogP contribution in [0.1, 0.15) is 16.1 Å². The highest BCUT2D eigenvalue weighted by Gasteiger charge is 2.11. The van der Waals surface area contributed by atoms with Crippen LogP contribution in [-0.4, -0.2) is 22.8 Å². The molecule has 0 amide bonds. The quantitative estimate of drug-likeness (QED) is 0.848. The number of para-hydroxylation sites is 1. The molecule has 5 heteroatoms. The van der Waals surface area contributed by atoms with Crippen LogP contribution >= 0.6 is 0 Å². The number of hydrogen-bond donors (Lipinski definition) is 2. The number of aliphatic hydroxyl groups excluding tert-OH is 1. The summed E-state index contributed by atoms with van der Waals surface area (Å²) in [4.78, 5) is 10.7. The fraction of sp³-hybridized carbons (Fsp3) is 0.154. The maximum Gasteiger partial charge on any atom is 0.371 e. The minimum Gasteiger partial charge on any atom is -0.475 e. The number of carboxylic acid groups (broad SMARTS) is 1. The predicted octanol–water partition coefficient (Wildman–Crippen LogP) is 2.30. The molecule has 0 aliphatic carbocycles. The smallest absolute Gasteiger partial charge is 0.371 e. The lowest BCUT2D eigenvalue weighted by molar-refractivity contribution is 0.0657. The van der Waals surface area contributed by atoms with Gasteiger partial charge in [-0.1, -0.05) is 18.2 Å². The zero-order valence-corrected chi connectivity index (χ0v) is 9.50. The molecule has 0 fully saturated rings. The Morgan fingerprint density at radius 2 is 2.00 bits per heavy atom. The van der Waals surface area contributed by atoms with Gasteiger partial charge < -0.3 is 19.4 Å². The van der Waals surface area contributed by atoms with E-state index in [1.807, 2.05) is 12.1 Å². The summed E-state index contributed by atoms with van der Waals surface area (Å²) < 4.78 is 10.4. The number of furan rings is 1. The fourth-order valence-corrected chi connectivity index (χ4v) is 1.53. The Bertz CT molecular complexity index is 544. The van der Waals surface area contributed by atoms with Gasteiger partial charge in [0.25, 0.3) is 5.95 Å². The molecule has 0 saturated carbocycles. The third kappa shape index (κ3) is 2.70. The van der Waals surface area contributed by atoms with Crippen molar-refractivity contribution in [2.24, 2.45) is 0 Å². The van der Waals surface area contributed by atoms with Crippen LogP contribution < -0.4 is 4.74 Å². The summed E-state index contributed by atoms with van der Waals surface area (Å²) in [5.41, 5.74) is 0.827. The van der Waals surface area contributed by atoms with Gasteiger partial charge in [-0.3, -0.25) is 0 Å². The van der Waals surface area contributed by atoms with E-state index in [4.69, 9.17) is 19.4 Å². The first-order valence-corrected chi connectivity index (χ1v) is 5.40. The van der Waals surface area contributed by atoms with Gasteiger partial charge in [-0.25, -0.2) is 4.79 Å². The van der Waals surface area contributed by atoms with Crippen LogP contribution in [0, 0.1) is 0 Å². The molecule has 0 aliphatic rings. The summed E-state index contributed by atoms with van der Waals surface area (Å²) in [6.45, 7) is 0.0128. The van der Waals surface area contributed by atoms with E-state index >= 15 is 0 Å². The van der Waals surface area contributed by atoms with E-state index < -0.39 is 5.97 Å². The summed E-state index contributed by atoms with van der Waals surface area (Å²) in [5.74, 6) is -0.672. The number of rotatable bonds is 5. The third-order valence-electron chi connectivity index (χ3n) is 2.36. The van der Waals surface area contributed by atoms with Gasteiger partial charge in [-0.15, -0.1) is 0 Å². The van der Waals surface area contributed by atoms with E-state index in [-0.39, 0.29) is 18.3 Å². The van der Waals surface area contributed by atoms with Crippen LogP contribution in [0.5, 0.6) is 11.7 Å². The summed E-state index contributed by atoms with van der Waals surface area (Å²) in [6.07, 6.45) is 0.461. The molecule has 2 N–H and O–H groups in total. The second-order valence-corrected chi connectivity index (χ2v) is 3.61. The number of aromatic carboxylic acids is 1. The van der Waals surface area contributed by atoms with Gasteiger partial charge in [-0.05, 0) is 24.1 Å². The highest BCUT2D eigenvalue weighted by atomic mass is 16.6. The van der Waals surface area contributed by atoms with Crippen molar-refractivity contribution in [2.45, 2.75) is 6.42 Å². The third-order valence-corrected chi connectivity index (χ3v) is 2.36. The zero-order chi connectivity index (χ0) is 13.0. The van der Waals surface area contributed by atoms with Gasteiger partial charge in [0.1, 0.15) is 5.75 Å². The first kappa shape index (κ1) is 12.2. The van der Waals surface area contributed by atoms with Crippen LogP contribution in [-0.2, 0) is 6.42 Å². The van der Waals surface area contributed by atoms with Crippen molar-refractivity contribution in [3.05, 3.63) is 47.7 Å². The standard InChI is InChI=1S/C13H12O5/c14-8-7-9-3-1-2-4-10(9)17-12-6-5-11(18-12)13(15)16/h1-6,14H,7-8H2,(H,15,16). The van der Waals surface area contributed by atoms with Crippen molar-refractivity contribution < 1.29 is 24.2 Å². The first-order chi connectivity index (χ1) is 8.70. The minimum atomic E-state index is -1.14. The Kier molecular flexibility index (Phi) is 3.64. The molecule has 1 heterocycles. The molecule has 5 nitrogen and oxygen atoms in total. The molecular formula is C13H12O5. The van der Waals surface area contributed by atoms with E-state index in [1.165, 1.54) is 12.1 Å². The molecular weight excluding hydrogens is 236 g/mol. The van der Waals surface area contributed by atoms with Crippen molar-refractivity contribution in [3.63, 3.8) is 0 Å². The topological polar surface area (TPSA) is 79.9 Å². The molecule has 1 aromatic carbocycles. The van der Waals surface area contributed by atoms with Crippen molar-refractivity contribution in [2.75, 3.05) is 6.61 Å². The van der Waals surface area contributed by atoms with E-state index in [1.54, 1.807) is 12.1 Å². The molecule has 0 unspecified atom stereocenters. The molecule has 2 aromatic rings. The molecule has 18 heavy (non-hydrogen) atoms. The average molecular weight is 248 g/mol. The lowest BCUT2D eigenvalue weighted by Gasteiger charge is -2.07. The Hall–Kier alpha value is -2.27. The Labute approximate surface area is 103 Å². The SMILES string of the molecule is O=C(O)c1ccc(Oc2ccccc2CCO)o1. The van der Waals surface area contributed by atoms with Crippen LogP contribution in [0.2, 0.25) is 0 Å². The van der Waals surface area contributed by atoms with Gasteiger partial charge in [-0.2, -0.15) is 0 Å². The van der Waals surface area contributed by atoms with Gasteiger partial charge in [0.15, 0.2) is 0 Å². The maximum atomic E-state index is 10.7. The van der Waals surface area contributed by atoms with Crippen LogP contribution in [0.25, 0.3) is 0 Å². The van der Waals surface area contributed by atoms with Crippen LogP contribution in [0.4, 0.5) is 0 Å². The first-order valence-electron chi connectivity index (χ1n) is 5.40. The van der Waals surface area contributed by atoms with Crippen molar-refractivity contribution in [1.29, 1.82) is 0 Å². The number of aliphatic hydroxyl groups is 1. The number of carbonyl (C=O) groups is 1. The number of ether oxygens (including phenoxy) is 1. The molecule has 2 rings (SSSR count). The number of benzene rings is 1. The molecule has 0 aliphatic heterocycles. The normalized spacial score (nSPS) is 10.3. The summed E-state index contributed by atoms with van der Waals surface area (Å²) in [7, 11) is 0. The van der Waals surface area contributed by atoms with Gasteiger partial charge in [0.2, 0.25) is 5.76 Å². The Morgan fingerprint density at radius 3 is 2.67 bits per heavy atom. The van der Waals surface area contributed by atoms with E-state index in [0.717, 1.165) is 5.56 Å². The van der Waals surface area contributed by atoms with E-state index in [0.29, 0.717) is 12.2 Å². The average Bonchev–Trinajstić information content (AvgIpc) is 2.81. The number of hydrogen-bond acceptors (Lipinski definition) is 4. The monoisotopic (exact) mass is 248 g/mol. The minimum absolute atomic E-state index is 0.0128. The predicted molar refractivity (Wildman–Crippen MR) is 63.0 cm³/mol. The fourth-order valence-electron chi connectivity index (χ4n) is 1.53. The van der Waals surface area contributed by atoms with E-state index in [9.17, 15) is 4.79 Å². The second kappa shape index (κ2) is 5.37. The molecule has 94 valence electrons. The molecule has 1 aromatic heterocycles. The number of carboxylic acids is 1. The summed E-state index contributed by atoms with van der Waals surface area (Å²) >= 11 is 0. The van der Waals surface area contributed by atoms with Crippen molar-refractivity contribution in [3.8, 4) is 11.7 Å². The van der Waals surface area contributed by atoms with Gasteiger partial charge >= 0.3 is 5.97 Å². The lowest BCUT2D eigenvalue weighted by Crippen LogP contribution is -1.95. The molecule has 0 radical (unpaired) electrons. The summed E-state index contributed by atoms with van der Waals surface area (Å²) in [6, 6.07) is 9.95. The largest absolute Gasteiger partial charge is 0.475 e. The van der Waals surface area contributed by atoms with Crippen LogP contribution in [0.3, 0.4) is 0 Å². The highest BCUT2D eigenvalue weighted by Crippen LogP contribution is 2.27. The lowest BCUT2D eigenvalue weighted by atomic mass is 10.1. The zero-order valence-electron chi connectivity index (χ0n) is 9.50. The maximum absolute atomic E-state index is 10.7. The van der Waals surface area contributed by atoms with Gasteiger partial charge in [0, 0.05) is 12.7 Å².